The summed E-state index contributed by atoms with van der Waals surface area (Å²) in [4.78, 5) is 38.0. The number of nitrogens with zero attached hydrogens (tertiary/aromatic N) is 3. The zero-order chi connectivity index (χ0) is 18.1. The van der Waals surface area contributed by atoms with Crippen molar-refractivity contribution in [3.63, 3.8) is 0 Å². The number of fused-ring (bicyclic) bond motifs is 1. The molecule has 1 atom stereocenters. The summed E-state index contributed by atoms with van der Waals surface area (Å²) in [6.45, 7) is 2.94. The van der Waals surface area contributed by atoms with Crippen molar-refractivity contribution in [1.82, 2.24) is 19.9 Å². The van der Waals surface area contributed by atoms with E-state index in [9.17, 15) is 9.59 Å². The molecule has 26 heavy (non-hydrogen) atoms. The van der Waals surface area contributed by atoms with Crippen LogP contribution < -0.4 is 5.56 Å². The second kappa shape index (κ2) is 6.68. The van der Waals surface area contributed by atoms with Gasteiger partial charge < -0.3 is 14.6 Å². The summed E-state index contributed by atoms with van der Waals surface area (Å²) in [5, 5.41) is 0.910. The highest BCUT2D eigenvalue weighted by atomic mass is 16.5. The zero-order valence-corrected chi connectivity index (χ0v) is 14.3. The number of amides is 1. The first kappa shape index (κ1) is 16.4. The first-order valence-electron chi connectivity index (χ1n) is 8.43. The Hall–Kier alpha value is -3.06. The first-order chi connectivity index (χ1) is 12.6. The first-order valence-corrected chi connectivity index (χ1v) is 8.43. The van der Waals surface area contributed by atoms with Crippen molar-refractivity contribution in [2.45, 2.75) is 13.0 Å². The van der Waals surface area contributed by atoms with Crippen LogP contribution >= 0.6 is 0 Å². The van der Waals surface area contributed by atoms with Gasteiger partial charge in [0.05, 0.1) is 30.5 Å². The molecule has 1 aromatic carbocycles. The molecule has 1 fully saturated rings. The molecular formula is C19H18N4O3. The predicted octanol–water partition coefficient (Wildman–Crippen LogP) is 1.84. The Labute approximate surface area is 149 Å². The van der Waals surface area contributed by atoms with Crippen LogP contribution in [0.5, 0.6) is 0 Å². The molecule has 0 aliphatic carbocycles. The minimum absolute atomic E-state index is 0.108. The minimum atomic E-state index is -0.387. The molecule has 1 aliphatic heterocycles. The summed E-state index contributed by atoms with van der Waals surface area (Å²) in [6.07, 6.45) is 1.72. The number of nitrogens with one attached hydrogen (secondary N) is 1. The standard InChI is InChI=1S/C19H18N4O3/c1-12-21-16(10-18(24)22-12)17-11-26-8-7-23(17)19(25)14-4-5-15-13(9-14)3-2-6-20-15/h2-6,9-10,17H,7-8,11H2,1H3,(H,21,22,24). The van der Waals surface area contributed by atoms with Crippen LogP contribution in [0.2, 0.25) is 0 Å². The Morgan fingerprint density at radius 3 is 3.04 bits per heavy atom. The van der Waals surface area contributed by atoms with Gasteiger partial charge in [0.15, 0.2) is 0 Å². The lowest BCUT2D eigenvalue weighted by Crippen LogP contribution is -2.44. The summed E-state index contributed by atoms with van der Waals surface area (Å²) in [6, 6.07) is 10.3. The third kappa shape index (κ3) is 3.09. The van der Waals surface area contributed by atoms with Crippen molar-refractivity contribution >= 4 is 16.8 Å². The Morgan fingerprint density at radius 1 is 1.31 bits per heavy atom. The van der Waals surface area contributed by atoms with Crippen LogP contribution in [-0.2, 0) is 4.74 Å². The van der Waals surface area contributed by atoms with E-state index in [-0.39, 0.29) is 17.5 Å². The number of benzene rings is 1. The molecule has 3 heterocycles. The van der Waals surface area contributed by atoms with Crippen LogP contribution in [0.4, 0.5) is 0 Å². The van der Waals surface area contributed by atoms with Gasteiger partial charge in [-0.15, -0.1) is 0 Å². The molecule has 0 spiro atoms. The predicted molar refractivity (Wildman–Crippen MR) is 95.9 cm³/mol. The summed E-state index contributed by atoms with van der Waals surface area (Å²) < 4.78 is 5.55. The number of aromatic nitrogens is 3. The lowest BCUT2D eigenvalue weighted by atomic mass is 10.1. The maximum absolute atomic E-state index is 13.1. The molecular weight excluding hydrogens is 332 g/mol. The Bertz CT molecular complexity index is 1030. The molecule has 1 unspecified atom stereocenters. The third-order valence-corrected chi connectivity index (χ3v) is 4.46. The number of H-pyrrole nitrogens is 1. The van der Waals surface area contributed by atoms with Gasteiger partial charge in [-0.3, -0.25) is 14.6 Å². The van der Waals surface area contributed by atoms with Gasteiger partial charge in [0.1, 0.15) is 5.82 Å². The summed E-state index contributed by atoms with van der Waals surface area (Å²) in [5.74, 6) is 0.408. The van der Waals surface area contributed by atoms with Crippen molar-refractivity contribution in [2.24, 2.45) is 0 Å². The number of carbonyl (C=O) groups excluding carboxylic acids is 1. The van der Waals surface area contributed by atoms with Crippen LogP contribution in [0.3, 0.4) is 0 Å². The number of hydrogen-bond donors (Lipinski definition) is 1. The maximum atomic E-state index is 13.1. The van der Waals surface area contributed by atoms with Crippen molar-refractivity contribution in [1.29, 1.82) is 0 Å². The number of aryl methyl sites for hydroxylation is 1. The van der Waals surface area contributed by atoms with Crippen LogP contribution in [0.1, 0.15) is 27.9 Å². The van der Waals surface area contributed by atoms with Gasteiger partial charge in [-0.25, -0.2) is 4.98 Å². The molecule has 3 aromatic rings. The molecule has 0 saturated carbocycles. The largest absolute Gasteiger partial charge is 0.377 e. The summed E-state index contributed by atoms with van der Waals surface area (Å²) in [5.41, 5.74) is 1.73. The molecule has 0 bridgehead atoms. The van der Waals surface area contributed by atoms with Crippen molar-refractivity contribution < 1.29 is 9.53 Å². The topological polar surface area (TPSA) is 88.2 Å². The Morgan fingerprint density at radius 2 is 2.19 bits per heavy atom. The number of aromatic amines is 1. The number of rotatable bonds is 2. The molecule has 1 amide bonds. The highest BCUT2D eigenvalue weighted by molar-refractivity contribution is 5.98. The number of hydrogen-bond acceptors (Lipinski definition) is 5. The van der Waals surface area contributed by atoms with Crippen LogP contribution in [-0.4, -0.2) is 45.5 Å². The van der Waals surface area contributed by atoms with Crippen molar-refractivity contribution in [3.8, 4) is 0 Å². The van der Waals surface area contributed by atoms with E-state index in [1.165, 1.54) is 6.07 Å². The van der Waals surface area contributed by atoms with E-state index >= 15 is 0 Å². The van der Waals surface area contributed by atoms with E-state index in [2.05, 4.69) is 15.0 Å². The molecule has 1 N–H and O–H groups in total. The molecule has 0 radical (unpaired) electrons. The second-order valence-corrected chi connectivity index (χ2v) is 6.26. The number of morpholine rings is 1. The van der Waals surface area contributed by atoms with E-state index in [1.54, 1.807) is 24.1 Å². The molecule has 7 heteroatoms. The van der Waals surface area contributed by atoms with E-state index in [0.717, 1.165) is 10.9 Å². The Kier molecular flexibility index (Phi) is 4.22. The Balaban J connectivity index is 1.70. The van der Waals surface area contributed by atoms with Crippen LogP contribution in [0.15, 0.2) is 47.4 Å². The normalized spacial score (nSPS) is 17.4. The van der Waals surface area contributed by atoms with E-state index in [4.69, 9.17) is 4.74 Å². The average Bonchev–Trinajstić information content (AvgIpc) is 2.66. The summed E-state index contributed by atoms with van der Waals surface area (Å²) >= 11 is 0. The monoisotopic (exact) mass is 350 g/mol. The van der Waals surface area contributed by atoms with Crippen LogP contribution in [0, 0.1) is 6.92 Å². The highest BCUT2D eigenvalue weighted by Crippen LogP contribution is 2.25. The smallest absolute Gasteiger partial charge is 0.254 e. The fourth-order valence-corrected chi connectivity index (χ4v) is 3.24. The second-order valence-electron chi connectivity index (χ2n) is 6.26. The van der Waals surface area contributed by atoms with E-state index < -0.39 is 0 Å². The number of pyridine rings is 1. The van der Waals surface area contributed by atoms with E-state index in [0.29, 0.717) is 36.8 Å². The number of ether oxygens (including phenoxy) is 1. The fourth-order valence-electron chi connectivity index (χ4n) is 3.24. The van der Waals surface area contributed by atoms with Crippen molar-refractivity contribution in [3.05, 3.63) is 70.0 Å². The lowest BCUT2D eigenvalue weighted by Gasteiger charge is -2.35. The lowest BCUT2D eigenvalue weighted by molar-refractivity contribution is -0.00400. The van der Waals surface area contributed by atoms with Gasteiger partial charge in [0, 0.05) is 29.8 Å². The van der Waals surface area contributed by atoms with Gasteiger partial charge in [0.2, 0.25) is 0 Å². The highest BCUT2D eigenvalue weighted by Gasteiger charge is 2.30. The molecule has 132 valence electrons. The zero-order valence-electron chi connectivity index (χ0n) is 14.3. The quantitative estimate of drug-likeness (QED) is 0.762. The molecule has 2 aromatic heterocycles. The molecule has 1 saturated heterocycles. The minimum Gasteiger partial charge on any atom is -0.377 e. The van der Waals surface area contributed by atoms with Crippen molar-refractivity contribution in [2.75, 3.05) is 19.8 Å². The number of carbonyl (C=O) groups is 1. The fraction of sp³-hybridized carbons (Fsp3) is 0.263. The average molecular weight is 350 g/mol. The molecule has 1 aliphatic rings. The molecule has 7 nitrogen and oxygen atoms in total. The summed E-state index contributed by atoms with van der Waals surface area (Å²) in [7, 11) is 0. The third-order valence-electron chi connectivity index (χ3n) is 4.46. The van der Waals surface area contributed by atoms with Gasteiger partial charge >= 0.3 is 0 Å². The van der Waals surface area contributed by atoms with Gasteiger partial charge in [-0.1, -0.05) is 6.07 Å². The van der Waals surface area contributed by atoms with Gasteiger partial charge in [0.25, 0.3) is 11.5 Å². The van der Waals surface area contributed by atoms with Gasteiger partial charge in [-0.05, 0) is 31.2 Å². The van der Waals surface area contributed by atoms with Gasteiger partial charge in [-0.2, -0.15) is 0 Å². The molecule has 4 rings (SSSR count). The van der Waals surface area contributed by atoms with Crippen LogP contribution in [0.25, 0.3) is 10.9 Å². The SMILES string of the molecule is Cc1nc(C2COCCN2C(=O)c2ccc3ncccc3c2)cc(=O)[nH]1. The van der Waals surface area contributed by atoms with E-state index in [1.807, 2.05) is 24.3 Å². The maximum Gasteiger partial charge on any atom is 0.254 e.